The van der Waals surface area contributed by atoms with Gasteiger partial charge in [-0.05, 0) is 85.4 Å². The van der Waals surface area contributed by atoms with Crippen molar-refractivity contribution in [2.24, 2.45) is 0 Å². The average molecular weight is 840 g/mol. The maximum absolute atomic E-state index is 14.6. The minimum absolute atomic E-state index is 0.0789. The van der Waals surface area contributed by atoms with E-state index in [0.717, 1.165) is 42.4 Å². The number of likely N-dealkylation sites (N-methyl/N-ethyl adjacent to an activating group) is 1. The number of amides is 1. The fourth-order valence-corrected chi connectivity index (χ4v) is 6.55. The van der Waals surface area contributed by atoms with Crippen molar-refractivity contribution in [2.75, 3.05) is 26.2 Å². The minimum Gasteiger partial charge on any atom is -0.479 e. The number of halogens is 5. The molecule has 60 heavy (non-hydrogen) atoms. The number of carboxylic acid groups (broad SMARTS) is 2. The molecule has 11 nitrogen and oxygen atoms in total. The van der Waals surface area contributed by atoms with Crippen molar-refractivity contribution >= 4 is 28.7 Å². The van der Waals surface area contributed by atoms with Gasteiger partial charge in [-0.1, -0.05) is 74.5 Å². The van der Waals surface area contributed by atoms with Crippen LogP contribution in [0.25, 0.3) is 22.0 Å². The summed E-state index contributed by atoms with van der Waals surface area (Å²) in [5.41, 5.74) is 3.14. The van der Waals surface area contributed by atoms with Crippen LogP contribution in [0.15, 0.2) is 95.8 Å². The normalized spacial score (nSPS) is 12.4. The van der Waals surface area contributed by atoms with Crippen LogP contribution in [-0.4, -0.2) is 91.0 Å². The SMILES string of the molecule is CCN(CC)CCN(Cc1ccc(-c2ccc(C(F)(F)F)cc2)cc1)C(=O)Cn1c(CCc2cccc(F)c2F)c(C)c(=O)c2ccccc21.O=C(O)[C@H](O)[C@@H](O)C(=O)O. The molecule has 16 heteroatoms. The molecule has 320 valence electrons. The second-order valence-electron chi connectivity index (χ2n) is 13.9. The largest absolute Gasteiger partial charge is 0.479 e. The summed E-state index contributed by atoms with van der Waals surface area (Å²) in [6.45, 7) is 8.70. The van der Waals surface area contributed by atoms with E-state index >= 15 is 0 Å². The van der Waals surface area contributed by atoms with Crippen molar-refractivity contribution < 1.29 is 56.8 Å². The van der Waals surface area contributed by atoms with Crippen LogP contribution in [0.3, 0.4) is 0 Å². The lowest BCUT2D eigenvalue weighted by Crippen LogP contribution is -2.40. The van der Waals surface area contributed by atoms with Crippen molar-refractivity contribution in [3.05, 3.63) is 141 Å². The molecule has 4 aromatic carbocycles. The number of hydrogen-bond acceptors (Lipinski definition) is 7. The number of aliphatic hydroxyl groups is 2. The molecule has 0 aliphatic heterocycles. The first kappa shape index (κ1) is 46.7. The molecule has 5 rings (SSSR count). The van der Waals surface area contributed by atoms with Gasteiger partial charge in [0.05, 0.1) is 11.1 Å². The molecule has 0 fully saturated rings. The van der Waals surface area contributed by atoms with Gasteiger partial charge in [0.1, 0.15) is 6.54 Å². The molecule has 0 radical (unpaired) electrons. The molecule has 0 saturated heterocycles. The zero-order valence-electron chi connectivity index (χ0n) is 33.1. The fraction of sp³-hybridized carbons (Fsp3) is 0.318. The second kappa shape index (κ2) is 20.8. The number of alkyl halides is 3. The summed E-state index contributed by atoms with van der Waals surface area (Å²) < 4.78 is 69.6. The molecular weight excluding hydrogens is 793 g/mol. The van der Waals surface area contributed by atoms with Crippen LogP contribution in [0.2, 0.25) is 0 Å². The zero-order chi connectivity index (χ0) is 44.3. The number of aromatic nitrogens is 1. The van der Waals surface area contributed by atoms with Crippen molar-refractivity contribution in [2.45, 2.75) is 65.1 Å². The molecule has 0 bridgehead atoms. The van der Waals surface area contributed by atoms with Crippen LogP contribution < -0.4 is 5.43 Å². The van der Waals surface area contributed by atoms with Crippen LogP contribution >= 0.6 is 0 Å². The number of fused-ring (bicyclic) bond motifs is 1. The van der Waals surface area contributed by atoms with Crippen molar-refractivity contribution in [1.29, 1.82) is 0 Å². The number of carboxylic acids is 2. The van der Waals surface area contributed by atoms with Crippen LogP contribution in [-0.2, 0) is 46.5 Å². The second-order valence-corrected chi connectivity index (χ2v) is 13.9. The number of pyridine rings is 1. The standard InChI is InChI=1S/C40H40F5N3O2.C4H6O6/c1-4-46(5-2)23-24-47(25-28-13-15-29(16-14-28)30-17-20-32(21-18-30)40(43,44)45)37(49)26-48-35(22-19-31-9-8-11-34(41)38(31)42)27(3)39(50)33-10-6-7-12-36(33)48;5-1(3(7)8)2(6)4(9)10/h6-18,20-21H,4-5,19,22-26H2,1-3H3;1-2,5-6H,(H,7,8)(H,9,10)/t;1-,2-/m.1/s1. The summed E-state index contributed by atoms with van der Waals surface area (Å²) in [6, 6.07) is 23.5. The summed E-state index contributed by atoms with van der Waals surface area (Å²) in [5.74, 6) is -5.59. The first-order valence-corrected chi connectivity index (χ1v) is 19.0. The van der Waals surface area contributed by atoms with Gasteiger partial charge >= 0.3 is 18.1 Å². The third-order valence-electron chi connectivity index (χ3n) is 10.1. The maximum atomic E-state index is 14.6. The topological polar surface area (TPSA) is 161 Å². The lowest BCUT2D eigenvalue weighted by molar-refractivity contribution is -0.165. The molecule has 1 amide bonds. The third kappa shape index (κ3) is 11.8. The summed E-state index contributed by atoms with van der Waals surface area (Å²) in [4.78, 5) is 51.2. The molecule has 0 aliphatic rings. The summed E-state index contributed by atoms with van der Waals surface area (Å²) >= 11 is 0. The predicted molar refractivity (Wildman–Crippen MR) is 214 cm³/mol. The highest BCUT2D eigenvalue weighted by Crippen LogP contribution is 2.31. The van der Waals surface area contributed by atoms with Gasteiger partial charge in [-0.2, -0.15) is 13.2 Å². The molecule has 2 atom stereocenters. The Balaban J connectivity index is 0.000000703. The highest BCUT2D eigenvalue weighted by atomic mass is 19.4. The van der Waals surface area contributed by atoms with Crippen LogP contribution in [0, 0.1) is 18.6 Å². The molecule has 4 N–H and O–H groups in total. The molecular formula is C44H46F5N3O8. The van der Waals surface area contributed by atoms with Crippen molar-refractivity contribution in [3.63, 3.8) is 0 Å². The number of nitrogens with zero attached hydrogens (tertiary/aromatic N) is 3. The average Bonchev–Trinajstić information content (AvgIpc) is 3.23. The number of benzene rings is 4. The van der Waals surface area contributed by atoms with Gasteiger partial charge in [0.25, 0.3) is 0 Å². The molecule has 0 unspecified atom stereocenters. The van der Waals surface area contributed by atoms with Gasteiger partial charge in [-0.15, -0.1) is 0 Å². The Bertz CT molecular complexity index is 2310. The monoisotopic (exact) mass is 839 g/mol. The van der Waals surface area contributed by atoms with Crippen molar-refractivity contribution in [1.82, 2.24) is 14.4 Å². The maximum Gasteiger partial charge on any atom is 0.416 e. The van der Waals surface area contributed by atoms with Crippen LogP contribution in [0.1, 0.15) is 41.8 Å². The molecule has 0 aliphatic carbocycles. The Kier molecular flexibility index (Phi) is 16.2. The fourth-order valence-electron chi connectivity index (χ4n) is 6.55. The van der Waals surface area contributed by atoms with Crippen molar-refractivity contribution in [3.8, 4) is 11.1 Å². The van der Waals surface area contributed by atoms with Gasteiger partial charge in [0.15, 0.2) is 29.3 Å². The van der Waals surface area contributed by atoms with E-state index in [-0.39, 0.29) is 42.8 Å². The molecule has 0 spiro atoms. The Labute approximate surface area is 342 Å². The number of aryl methyl sites for hydroxylation is 1. The number of hydrogen-bond donors (Lipinski definition) is 4. The Morgan fingerprint density at radius 1 is 0.750 bits per heavy atom. The number of aliphatic carboxylic acids is 2. The lowest BCUT2D eigenvalue weighted by Gasteiger charge is -2.28. The van der Waals surface area contributed by atoms with E-state index in [1.54, 1.807) is 36.1 Å². The first-order chi connectivity index (χ1) is 28.4. The zero-order valence-corrected chi connectivity index (χ0v) is 33.1. The van der Waals surface area contributed by atoms with Crippen LogP contribution in [0.5, 0.6) is 0 Å². The highest BCUT2D eigenvalue weighted by molar-refractivity contribution is 5.84. The van der Waals surface area contributed by atoms with E-state index in [9.17, 15) is 41.1 Å². The minimum atomic E-state index is -4.41. The third-order valence-corrected chi connectivity index (χ3v) is 10.1. The Morgan fingerprint density at radius 2 is 1.32 bits per heavy atom. The smallest absolute Gasteiger partial charge is 0.416 e. The summed E-state index contributed by atoms with van der Waals surface area (Å²) in [6.07, 6.45) is -8.60. The van der Waals surface area contributed by atoms with E-state index in [0.29, 0.717) is 40.8 Å². The Morgan fingerprint density at radius 3 is 1.87 bits per heavy atom. The first-order valence-electron chi connectivity index (χ1n) is 19.0. The van der Waals surface area contributed by atoms with Gasteiger partial charge < -0.3 is 34.8 Å². The number of rotatable bonds is 16. The van der Waals surface area contributed by atoms with Gasteiger partial charge in [-0.3, -0.25) is 9.59 Å². The lowest BCUT2D eigenvalue weighted by atomic mass is 10.0. The molecule has 5 aromatic rings. The van der Waals surface area contributed by atoms with E-state index in [2.05, 4.69) is 18.7 Å². The van der Waals surface area contributed by atoms with Gasteiger partial charge in [-0.25, -0.2) is 18.4 Å². The van der Waals surface area contributed by atoms with Gasteiger partial charge in [0.2, 0.25) is 5.91 Å². The van der Waals surface area contributed by atoms with E-state index < -0.39 is 47.5 Å². The number of carbonyl (C=O) groups is 3. The number of para-hydroxylation sites is 1. The molecule has 1 heterocycles. The molecule has 1 aromatic heterocycles. The summed E-state index contributed by atoms with van der Waals surface area (Å²) in [7, 11) is 0. The number of aliphatic hydroxyl groups excluding tert-OH is 2. The molecule has 0 saturated carbocycles. The quantitative estimate of drug-likeness (QED) is 0.0836. The highest BCUT2D eigenvalue weighted by Gasteiger charge is 2.30. The van der Waals surface area contributed by atoms with E-state index in [1.165, 1.54) is 24.3 Å². The van der Waals surface area contributed by atoms with E-state index in [1.807, 2.05) is 28.8 Å². The van der Waals surface area contributed by atoms with E-state index in [4.69, 9.17) is 20.4 Å². The van der Waals surface area contributed by atoms with Crippen LogP contribution in [0.4, 0.5) is 22.0 Å². The predicted octanol–water partition coefficient (Wildman–Crippen LogP) is 6.31. The number of carbonyl (C=O) groups excluding carboxylic acids is 1. The van der Waals surface area contributed by atoms with Gasteiger partial charge in [0, 0.05) is 36.3 Å². The summed E-state index contributed by atoms with van der Waals surface area (Å²) in [5, 5.41) is 33.0. The Hall–Kier alpha value is -5.97.